The van der Waals surface area contributed by atoms with E-state index in [0.717, 1.165) is 36.6 Å². The summed E-state index contributed by atoms with van der Waals surface area (Å²) < 4.78 is 5.79. The molecule has 3 aromatic rings. The number of anilines is 1. The molecule has 1 aliphatic heterocycles. The van der Waals surface area contributed by atoms with Crippen LogP contribution in [0, 0.1) is 0 Å². The highest BCUT2D eigenvalue weighted by Gasteiger charge is 2.23. The number of hydrogen-bond acceptors (Lipinski definition) is 2. The van der Waals surface area contributed by atoms with E-state index >= 15 is 0 Å². The Kier molecular flexibility index (Phi) is 4.21. The molecule has 0 atom stereocenters. The number of rotatable bonds is 3. The first kappa shape index (κ1) is 15.5. The number of hydrogen-bond donors (Lipinski definition) is 0. The van der Waals surface area contributed by atoms with Crippen LogP contribution in [-0.4, -0.2) is 12.5 Å². The lowest BCUT2D eigenvalue weighted by molar-refractivity contribution is 0.0985. The maximum Gasteiger partial charge on any atom is 0.258 e. The monoisotopic (exact) mass is 329 g/mol. The number of para-hydroxylation sites is 2. The van der Waals surface area contributed by atoms with Gasteiger partial charge in [0.1, 0.15) is 11.5 Å². The molecule has 3 heteroatoms. The molecule has 0 spiro atoms. The van der Waals surface area contributed by atoms with E-state index < -0.39 is 0 Å². The van der Waals surface area contributed by atoms with Gasteiger partial charge in [-0.2, -0.15) is 0 Å². The smallest absolute Gasteiger partial charge is 0.258 e. The first-order valence-electron chi connectivity index (χ1n) is 8.54. The van der Waals surface area contributed by atoms with Gasteiger partial charge in [0.25, 0.3) is 5.91 Å². The molecule has 3 aromatic carbocycles. The van der Waals surface area contributed by atoms with Crippen LogP contribution in [0.3, 0.4) is 0 Å². The van der Waals surface area contributed by atoms with Crippen LogP contribution in [0.25, 0.3) is 0 Å². The van der Waals surface area contributed by atoms with Crippen LogP contribution in [0.5, 0.6) is 11.5 Å². The molecule has 1 aliphatic rings. The maximum absolute atomic E-state index is 12.9. The molecule has 0 saturated heterocycles. The summed E-state index contributed by atoms with van der Waals surface area (Å²) in [5.41, 5.74) is 2.95. The predicted octanol–water partition coefficient (Wildman–Crippen LogP) is 5.07. The molecule has 25 heavy (non-hydrogen) atoms. The summed E-state index contributed by atoms with van der Waals surface area (Å²) in [6.07, 6.45) is 2.03. The average molecular weight is 329 g/mol. The number of ether oxygens (including phenoxy) is 1. The highest BCUT2D eigenvalue weighted by Crippen LogP contribution is 2.29. The summed E-state index contributed by atoms with van der Waals surface area (Å²) in [6.45, 7) is 0.762. The van der Waals surface area contributed by atoms with E-state index in [2.05, 4.69) is 6.07 Å². The second kappa shape index (κ2) is 6.81. The van der Waals surface area contributed by atoms with Gasteiger partial charge in [0.15, 0.2) is 0 Å². The average Bonchev–Trinajstić information content (AvgIpc) is 2.68. The van der Waals surface area contributed by atoms with Gasteiger partial charge in [-0.1, -0.05) is 36.4 Å². The normalized spacial score (nSPS) is 13.2. The lowest BCUT2D eigenvalue weighted by Crippen LogP contribution is -2.35. The van der Waals surface area contributed by atoms with Gasteiger partial charge in [-0.05, 0) is 60.9 Å². The summed E-state index contributed by atoms with van der Waals surface area (Å²) in [7, 11) is 0. The van der Waals surface area contributed by atoms with Crippen LogP contribution in [0.15, 0.2) is 78.9 Å². The number of amides is 1. The molecule has 124 valence electrons. The first-order valence-corrected chi connectivity index (χ1v) is 8.54. The van der Waals surface area contributed by atoms with Crippen molar-refractivity contribution in [3.8, 4) is 11.5 Å². The fourth-order valence-corrected chi connectivity index (χ4v) is 3.19. The predicted molar refractivity (Wildman–Crippen MR) is 99.4 cm³/mol. The molecule has 0 saturated carbocycles. The van der Waals surface area contributed by atoms with Gasteiger partial charge >= 0.3 is 0 Å². The molecule has 1 amide bonds. The number of carbonyl (C=O) groups excluding carboxylic acids is 1. The van der Waals surface area contributed by atoms with Crippen molar-refractivity contribution in [2.75, 3.05) is 11.4 Å². The van der Waals surface area contributed by atoms with E-state index in [9.17, 15) is 4.79 Å². The van der Waals surface area contributed by atoms with E-state index in [-0.39, 0.29) is 5.91 Å². The highest BCUT2D eigenvalue weighted by molar-refractivity contribution is 6.06. The zero-order chi connectivity index (χ0) is 17.1. The van der Waals surface area contributed by atoms with Gasteiger partial charge in [0.05, 0.1) is 0 Å². The Morgan fingerprint density at radius 1 is 0.800 bits per heavy atom. The Balaban J connectivity index is 1.54. The van der Waals surface area contributed by atoms with Crippen molar-refractivity contribution in [3.05, 3.63) is 90.0 Å². The lowest BCUT2D eigenvalue weighted by Gasteiger charge is -2.29. The zero-order valence-corrected chi connectivity index (χ0v) is 13.9. The van der Waals surface area contributed by atoms with Crippen molar-refractivity contribution >= 4 is 11.6 Å². The fraction of sp³-hybridized carbons (Fsp3) is 0.136. The van der Waals surface area contributed by atoms with Crippen molar-refractivity contribution in [1.82, 2.24) is 0 Å². The van der Waals surface area contributed by atoms with Crippen molar-refractivity contribution in [3.63, 3.8) is 0 Å². The summed E-state index contributed by atoms with van der Waals surface area (Å²) in [5, 5.41) is 0. The van der Waals surface area contributed by atoms with Crippen LogP contribution < -0.4 is 9.64 Å². The number of aryl methyl sites for hydroxylation is 1. The van der Waals surface area contributed by atoms with Crippen LogP contribution in [0.4, 0.5) is 5.69 Å². The van der Waals surface area contributed by atoms with Crippen LogP contribution in [0.1, 0.15) is 22.3 Å². The summed E-state index contributed by atoms with van der Waals surface area (Å²) in [4.78, 5) is 14.8. The van der Waals surface area contributed by atoms with E-state index in [1.54, 1.807) is 0 Å². The van der Waals surface area contributed by atoms with E-state index in [4.69, 9.17) is 4.74 Å². The molecule has 0 fully saturated rings. The standard InChI is InChI=1S/C22H19NO2/c24-22(23-16-6-8-17-7-4-5-11-21(17)23)18-12-14-20(15-13-18)25-19-9-2-1-3-10-19/h1-5,7,9-15H,6,8,16H2. The third-order valence-electron chi connectivity index (χ3n) is 4.44. The van der Waals surface area contributed by atoms with Gasteiger partial charge in [0.2, 0.25) is 0 Å². The number of carbonyl (C=O) groups is 1. The first-order chi connectivity index (χ1) is 12.3. The Hall–Kier alpha value is -3.07. The molecular formula is C22H19NO2. The highest BCUT2D eigenvalue weighted by atomic mass is 16.5. The van der Waals surface area contributed by atoms with E-state index in [0.29, 0.717) is 5.56 Å². The van der Waals surface area contributed by atoms with Crippen molar-refractivity contribution < 1.29 is 9.53 Å². The number of nitrogens with zero attached hydrogens (tertiary/aromatic N) is 1. The molecule has 4 rings (SSSR count). The van der Waals surface area contributed by atoms with E-state index in [1.807, 2.05) is 77.7 Å². The minimum atomic E-state index is 0.0402. The van der Waals surface area contributed by atoms with Gasteiger partial charge in [0, 0.05) is 17.8 Å². The molecular weight excluding hydrogens is 310 g/mol. The van der Waals surface area contributed by atoms with Crippen molar-refractivity contribution in [2.24, 2.45) is 0 Å². The molecule has 0 bridgehead atoms. The Morgan fingerprint density at radius 2 is 1.48 bits per heavy atom. The molecule has 1 heterocycles. The van der Waals surface area contributed by atoms with Crippen LogP contribution >= 0.6 is 0 Å². The van der Waals surface area contributed by atoms with Gasteiger partial charge in [-0.3, -0.25) is 4.79 Å². The summed E-state index contributed by atoms with van der Waals surface area (Å²) in [6, 6.07) is 25.1. The fourth-order valence-electron chi connectivity index (χ4n) is 3.19. The minimum absolute atomic E-state index is 0.0402. The Bertz CT molecular complexity index is 872. The SMILES string of the molecule is O=C(c1ccc(Oc2ccccc2)cc1)N1CCCc2ccccc21. The van der Waals surface area contributed by atoms with Gasteiger partial charge in [-0.15, -0.1) is 0 Å². The number of fused-ring (bicyclic) bond motifs is 1. The van der Waals surface area contributed by atoms with Crippen LogP contribution in [-0.2, 0) is 6.42 Å². The Morgan fingerprint density at radius 3 is 2.28 bits per heavy atom. The van der Waals surface area contributed by atoms with Crippen LogP contribution in [0.2, 0.25) is 0 Å². The molecule has 0 unspecified atom stereocenters. The second-order valence-electron chi connectivity index (χ2n) is 6.13. The summed E-state index contributed by atoms with van der Waals surface area (Å²) >= 11 is 0. The Labute approximate surface area is 147 Å². The lowest BCUT2D eigenvalue weighted by atomic mass is 10.0. The topological polar surface area (TPSA) is 29.5 Å². The van der Waals surface area contributed by atoms with Gasteiger partial charge in [-0.25, -0.2) is 0 Å². The maximum atomic E-state index is 12.9. The third-order valence-corrected chi connectivity index (χ3v) is 4.44. The molecule has 0 N–H and O–H groups in total. The molecule has 0 radical (unpaired) electrons. The molecule has 3 nitrogen and oxygen atoms in total. The molecule has 0 aliphatic carbocycles. The largest absolute Gasteiger partial charge is 0.457 e. The van der Waals surface area contributed by atoms with Crippen molar-refractivity contribution in [1.29, 1.82) is 0 Å². The summed E-state index contributed by atoms with van der Waals surface area (Å²) in [5.74, 6) is 1.55. The minimum Gasteiger partial charge on any atom is -0.457 e. The second-order valence-corrected chi connectivity index (χ2v) is 6.13. The van der Waals surface area contributed by atoms with Crippen molar-refractivity contribution in [2.45, 2.75) is 12.8 Å². The zero-order valence-electron chi connectivity index (χ0n) is 13.9. The third kappa shape index (κ3) is 3.26. The molecule has 0 aromatic heterocycles. The van der Waals surface area contributed by atoms with Gasteiger partial charge < -0.3 is 9.64 Å². The van der Waals surface area contributed by atoms with E-state index in [1.165, 1.54) is 5.56 Å². The quantitative estimate of drug-likeness (QED) is 0.671. The number of benzene rings is 3.